The number of halogens is 1. The highest BCUT2D eigenvalue weighted by atomic mass is 35.5. The van der Waals surface area contributed by atoms with Crippen LogP contribution in [-0.2, 0) is 9.59 Å². The lowest BCUT2D eigenvalue weighted by Gasteiger charge is -2.40. The molecule has 0 radical (unpaired) electrons. The summed E-state index contributed by atoms with van der Waals surface area (Å²) in [7, 11) is 0. The van der Waals surface area contributed by atoms with Gasteiger partial charge in [-0.3, -0.25) is 14.5 Å². The first-order valence-corrected chi connectivity index (χ1v) is 12.8. The Balaban J connectivity index is 1.34. The van der Waals surface area contributed by atoms with Gasteiger partial charge in [-0.15, -0.1) is 0 Å². The van der Waals surface area contributed by atoms with E-state index in [0.717, 1.165) is 18.7 Å². The summed E-state index contributed by atoms with van der Waals surface area (Å²) in [6.07, 6.45) is 0. The molecule has 0 saturated carbocycles. The van der Waals surface area contributed by atoms with Crippen molar-refractivity contribution < 1.29 is 9.59 Å². The van der Waals surface area contributed by atoms with Crippen molar-refractivity contribution in [2.24, 2.45) is 0 Å². The smallest absolute Gasteiger partial charge is 0.283 e. The molecule has 2 amide bonds. The zero-order valence-electron chi connectivity index (χ0n) is 20.6. The van der Waals surface area contributed by atoms with Crippen LogP contribution in [0.5, 0.6) is 0 Å². The van der Waals surface area contributed by atoms with Crippen LogP contribution >= 0.6 is 11.6 Å². The van der Waals surface area contributed by atoms with Crippen LogP contribution in [0.3, 0.4) is 0 Å². The van der Waals surface area contributed by atoms with Gasteiger partial charge in [-0.2, -0.15) is 0 Å². The molecule has 0 unspecified atom stereocenters. The molecule has 3 aromatic carbocycles. The van der Waals surface area contributed by atoms with Crippen LogP contribution in [0, 0.1) is 0 Å². The van der Waals surface area contributed by atoms with Gasteiger partial charge in [0.05, 0.1) is 11.7 Å². The Labute approximate surface area is 217 Å². The van der Waals surface area contributed by atoms with Gasteiger partial charge in [-0.1, -0.05) is 98.2 Å². The topological polar surface area (TPSA) is 43.9 Å². The van der Waals surface area contributed by atoms with Crippen LogP contribution < -0.4 is 4.90 Å². The molecule has 5 nitrogen and oxygen atoms in total. The highest BCUT2D eigenvalue weighted by Crippen LogP contribution is 2.34. The van der Waals surface area contributed by atoms with E-state index >= 15 is 0 Å². The highest BCUT2D eigenvalue weighted by Gasteiger charge is 2.42. The first-order valence-electron chi connectivity index (χ1n) is 12.4. The third kappa shape index (κ3) is 4.57. The molecule has 1 fully saturated rings. The average Bonchev–Trinajstić information content (AvgIpc) is 3.13. The maximum atomic E-state index is 13.4. The van der Waals surface area contributed by atoms with E-state index < -0.39 is 5.91 Å². The fourth-order valence-electron chi connectivity index (χ4n) is 5.10. The molecule has 2 aliphatic rings. The Morgan fingerprint density at radius 1 is 0.667 bits per heavy atom. The average molecular weight is 500 g/mol. The van der Waals surface area contributed by atoms with Gasteiger partial charge in [-0.25, -0.2) is 4.90 Å². The Morgan fingerprint density at radius 3 is 1.69 bits per heavy atom. The van der Waals surface area contributed by atoms with Crippen LogP contribution in [0.1, 0.15) is 42.5 Å². The molecular weight excluding hydrogens is 470 g/mol. The van der Waals surface area contributed by atoms with E-state index in [9.17, 15) is 9.59 Å². The van der Waals surface area contributed by atoms with E-state index in [4.69, 9.17) is 11.6 Å². The predicted octanol–water partition coefficient (Wildman–Crippen LogP) is 5.54. The molecule has 2 heterocycles. The van der Waals surface area contributed by atoms with Gasteiger partial charge in [0.25, 0.3) is 11.8 Å². The van der Waals surface area contributed by atoms with Crippen molar-refractivity contribution in [3.63, 3.8) is 0 Å². The summed E-state index contributed by atoms with van der Waals surface area (Å²) in [6, 6.07) is 28.6. The SMILES string of the molecule is CC(C)c1ccc(N2C(=O)C(Cl)=C(N3CCN(C(c4ccccc4)c4ccccc4)CC3)C2=O)cc1. The minimum atomic E-state index is -0.456. The fourth-order valence-corrected chi connectivity index (χ4v) is 5.38. The molecule has 2 aliphatic heterocycles. The summed E-state index contributed by atoms with van der Waals surface area (Å²) in [5, 5.41) is 0.00375. The van der Waals surface area contributed by atoms with Gasteiger partial charge < -0.3 is 4.90 Å². The van der Waals surface area contributed by atoms with E-state index in [-0.39, 0.29) is 17.0 Å². The Morgan fingerprint density at radius 2 is 1.19 bits per heavy atom. The number of rotatable bonds is 6. The molecule has 5 rings (SSSR count). The third-order valence-corrected chi connectivity index (χ3v) is 7.39. The summed E-state index contributed by atoms with van der Waals surface area (Å²) in [6.45, 7) is 6.93. The van der Waals surface area contributed by atoms with Crippen LogP contribution in [0.2, 0.25) is 0 Å². The summed E-state index contributed by atoms with van der Waals surface area (Å²) in [4.78, 5) is 32.0. The summed E-state index contributed by atoms with van der Waals surface area (Å²) in [5.74, 6) is -0.436. The van der Waals surface area contributed by atoms with Crippen molar-refractivity contribution in [3.05, 3.63) is 112 Å². The normalized spacial score (nSPS) is 17.1. The van der Waals surface area contributed by atoms with E-state index in [2.05, 4.69) is 67.3 Å². The van der Waals surface area contributed by atoms with Crippen molar-refractivity contribution in [1.82, 2.24) is 9.80 Å². The van der Waals surface area contributed by atoms with Crippen molar-refractivity contribution in [3.8, 4) is 0 Å². The second-order valence-corrected chi connectivity index (χ2v) is 9.98. The maximum absolute atomic E-state index is 13.4. The minimum Gasteiger partial charge on any atom is -0.363 e. The van der Waals surface area contributed by atoms with Gasteiger partial charge in [0.15, 0.2) is 0 Å². The predicted molar refractivity (Wildman–Crippen MR) is 144 cm³/mol. The molecule has 0 aromatic heterocycles. The van der Waals surface area contributed by atoms with Gasteiger partial charge >= 0.3 is 0 Å². The number of hydrogen-bond donors (Lipinski definition) is 0. The van der Waals surface area contributed by atoms with Crippen LogP contribution in [0.25, 0.3) is 0 Å². The van der Waals surface area contributed by atoms with Gasteiger partial charge in [0, 0.05) is 26.2 Å². The molecule has 184 valence electrons. The van der Waals surface area contributed by atoms with E-state index in [1.165, 1.54) is 16.0 Å². The van der Waals surface area contributed by atoms with Crippen molar-refractivity contribution in [2.75, 3.05) is 31.1 Å². The van der Waals surface area contributed by atoms with Gasteiger partial charge in [0.2, 0.25) is 0 Å². The zero-order valence-corrected chi connectivity index (χ0v) is 21.4. The molecule has 0 spiro atoms. The zero-order chi connectivity index (χ0) is 25.2. The molecule has 3 aromatic rings. The fraction of sp³-hybridized carbons (Fsp3) is 0.267. The van der Waals surface area contributed by atoms with Crippen LogP contribution in [0.4, 0.5) is 5.69 Å². The molecular formula is C30H30ClN3O2. The summed E-state index contributed by atoms with van der Waals surface area (Å²) >= 11 is 6.49. The summed E-state index contributed by atoms with van der Waals surface area (Å²) in [5.41, 5.74) is 4.48. The highest BCUT2D eigenvalue weighted by molar-refractivity contribution is 6.52. The molecule has 6 heteroatoms. The number of nitrogens with zero attached hydrogens (tertiary/aromatic N) is 3. The standard InChI is InChI=1S/C30H30ClN3O2/c1-21(2)22-13-15-25(16-14-22)34-29(35)26(31)28(30(34)36)33-19-17-32(18-20-33)27(23-9-5-3-6-10-23)24-11-7-4-8-12-24/h3-16,21,27H,17-20H2,1-2H3. The second-order valence-electron chi connectivity index (χ2n) is 9.60. The Kier molecular flexibility index (Phi) is 6.95. The Bertz CT molecular complexity index is 1230. The molecule has 0 aliphatic carbocycles. The lowest BCUT2D eigenvalue weighted by molar-refractivity contribution is -0.121. The van der Waals surface area contributed by atoms with E-state index in [1.54, 1.807) is 0 Å². The number of amides is 2. The molecule has 36 heavy (non-hydrogen) atoms. The first kappa shape index (κ1) is 24.3. The number of imide groups is 1. The van der Waals surface area contributed by atoms with E-state index in [0.29, 0.717) is 30.4 Å². The molecule has 0 N–H and O–H groups in total. The van der Waals surface area contributed by atoms with Gasteiger partial charge in [0.1, 0.15) is 10.7 Å². The minimum absolute atomic E-state index is 0.00375. The molecule has 1 saturated heterocycles. The number of benzene rings is 3. The van der Waals surface area contributed by atoms with Crippen molar-refractivity contribution in [1.29, 1.82) is 0 Å². The number of hydrogen-bond acceptors (Lipinski definition) is 4. The van der Waals surface area contributed by atoms with Crippen molar-refractivity contribution in [2.45, 2.75) is 25.8 Å². The third-order valence-electron chi connectivity index (χ3n) is 7.05. The monoisotopic (exact) mass is 499 g/mol. The van der Waals surface area contributed by atoms with Crippen molar-refractivity contribution >= 4 is 29.1 Å². The van der Waals surface area contributed by atoms with Crippen LogP contribution in [0.15, 0.2) is 95.7 Å². The largest absolute Gasteiger partial charge is 0.363 e. The number of carbonyl (C=O) groups is 2. The summed E-state index contributed by atoms with van der Waals surface area (Å²) < 4.78 is 0. The van der Waals surface area contributed by atoms with Gasteiger partial charge in [-0.05, 0) is 34.7 Å². The molecule has 0 atom stereocenters. The van der Waals surface area contributed by atoms with Crippen LogP contribution in [-0.4, -0.2) is 47.8 Å². The first-order chi connectivity index (χ1) is 17.5. The van der Waals surface area contributed by atoms with E-state index in [1.807, 2.05) is 41.3 Å². The lowest BCUT2D eigenvalue weighted by Crippen LogP contribution is -2.48. The maximum Gasteiger partial charge on any atom is 0.283 e. The Hall–Kier alpha value is -3.41. The number of carbonyl (C=O) groups excluding carboxylic acids is 2. The molecule has 0 bridgehead atoms. The number of piperazine rings is 1. The number of anilines is 1. The second kappa shape index (κ2) is 10.3. The quantitative estimate of drug-likeness (QED) is 0.418. The lowest BCUT2D eigenvalue weighted by atomic mass is 9.96.